The van der Waals surface area contributed by atoms with Gasteiger partial charge in [0.2, 0.25) is 0 Å². The summed E-state index contributed by atoms with van der Waals surface area (Å²) in [5.41, 5.74) is 3.30. The number of rotatable bonds is 0. The summed E-state index contributed by atoms with van der Waals surface area (Å²) in [5.74, 6) is 0.637. The maximum absolute atomic E-state index is 6.23. The predicted octanol–water partition coefficient (Wildman–Crippen LogP) is 1.74. The Balaban J connectivity index is 2.36. The Hall–Kier alpha value is -1.69. The third-order valence-electron chi connectivity index (χ3n) is 3.25. The molecule has 0 amide bonds. The lowest BCUT2D eigenvalue weighted by Gasteiger charge is -2.31. The molecule has 2 aromatic rings. The minimum atomic E-state index is 0.102. The molecule has 1 aliphatic heterocycles. The van der Waals surface area contributed by atoms with Crippen molar-refractivity contribution in [2.45, 2.75) is 19.9 Å². The molecular weight excluding hydrogens is 252 g/mol. The maximum Gasteiger partial charge on any atom is 0.156 e. The first kappa shape index (κ1) is 11.4. The van der Waals surface area contributed by atoms with E-state index < -0.39 is 0 Å². The normalized spacial score (nSPS) is 17.6. The number of fused-ring (bicyclic) bond motifs is 3. The summed E-state index contributed by atoms with van der Waals surface area (Å²) in [5, 5.41) is 9.25. The first-order valence-electron chi connectivity index (χ1n) is 5.67. The molecule has 0 N–H and O–H groups in total. The summed E-state index contributed by atoms with van der Waals surface area (Å²) in [7, 11) is 3.77. The molecular formula is C11H13ClN6. The van der Waals surface area contributed by atoms with Crippen LogP contribution in [-0.4, -0.2) is 32.0 Å². The van der Waals surface area contributed by atoms with Gasteiger partial charge in [0.25, 0.3) is 0 Å². The summed E-state index contributed by atoms with van der Waals surface area (Å²) in [6.45, 7) is 3.88. The zero-order valence-corrected chi connectivity index (χ0v) is 11.4. The van der Waals surface area contributed by atoms with Crippen LogP contribution in [0, 0.1) is 6.92 Å². The fraction of sp³-hybridized carbons (Fsp3) is 0.455. The van der Waals surface area contributed by atoms with Crippen molar-refractivity contribution in [1.82, 2.24) is 25.0 Å². The molecule has 18 heavy (non-hydrogen) atoms. The van der Waals surface area contributed by atoms with Crippen molar-refractivity contribution in [3.8, 4) is 11.4 Å². The van der Waals surface area contributed by atoms with Gasteiger partial charge in [-0.1, -0.05) is 11.6 Å². The van der Waals surface area contributed by atoms with Gasteiger partial charge in [-0.25, -0.2) is 9.97 Å². The van der Waals surface area contributed by atoms with Crippen LogP contribution in [0.1, 0.15) is 24.5 Å². The standard InChI is InChI=1S/C11H13ClN6/c1-5-7-8(16-18(4)15-7)9-10(17(5)3)11(12)14-6(2)13-9/h5H,1-4H3. The number of nitrogens with zero attached hydrogens (tertiary/aromatic N) is 6. The van der Waals surface area contributed by atoms with Crippen molar-refractivity contribution in [3.05, 3.63) is 16.7 Å². The van der Waals surface area contributed by atoms with Gasteiger partial charge in [0, 0.05) is 14.1 Å². The van der Waals surface area contributed by atoms with Gasteiger partial charge < -0.3 is 4.90 Å². The number of hydrogen-bond donors (Lipinski definition) is 0. The summed E-state index contributed by atoms with van der Waals surface area (Å²) >= 11 is 6.23. The first-order valence-corrected chi connectivity index (χ1v) is 6.05. The van der Waals surface area contributed by atoms with Crippen LogP contribution in [0.15, 0.2) is 0 Å². The third-order valence-corrected chi connectivity index (χ3v) is 3.51. The average Bonchev–Trinajstić information content (AvgIpc) is 2.67. The minimum absolute atomic E-state index is 0.102. The highest BCUT2D eigenvalue weighted by Crippen LogP contribution is 2.43. The van der Waals surface area contributed by atoms with Crippen molar-refractivity contribution in [1.29, 1.82) is 0 Å². The van der Waals surface area contributed by atoms with E-state index in [1.54, 1.807) is 11.8 Å². The molecule has 2 aromatic heterocycles. The Morgan fingerprint density at radius 1 is 1.11 bits per heavy atom. The molecule has 94 valence electrons. The molecule has 3 heterocycles. The highest BCUT2D eigenvalue weighted by atomic mass is 35.5. The Kier molecular flexibility index (Phi) is 2.31. The Morgan fingerprint density at radius 3 is 2.56 bits per heavy atom. The Bertz CT molecular complexity index is 635. The smallest absolute Gasteiger partial charge is 0.156 e. The number of halogens is 1. The van der Waals surface area contributed by atoms with Crippen LogP contribution in [0.3, 0.4) is 0 Å². The van der Waals surface area contributed by atoms with Crippen LogP contribution in [0.5, 0.6) is 0 Å². The van der Waals surface area contributed by atoms with E-state index >= 15 is 0 Å². The van der Waals surface area contributed by atoms with Crippen molar-refractivity contribution in [3.63, 3.8) is 0 Å². The number of aromatic nitrogens is 5. The van der Waals surface area contributed by atoms with Gasteiger partial charge in [0.05, 0.1) is 6.04 Å². The molecule has 0 spiro atoms. The SMILES string of the molecule is Cc1nc(Cl)c2c(n1)-c1nn(C)nc1C(C)N2C. The largest absolute Gasteiger partial charge is 0.362 e. The Morgan fingerprint density at radius 2 is 1.83 bits per heavy atom. The van der Waals surface area contributed by atoms with E-state index in [1.807, 2.05) is 18.9 Å². The molecule has 0 saturated heterocycles. The van der Waals surface area contributed by atoms with Crippen LogP contribution in [0.4, 0.5) is 5.69 Å². The molecule has 1 aliphatic rings. The quantitative estimate of drug-likeness (QED) is 0.679. The van der Waals surface area contributed by atoms with Gasteiger partial charge in [0.1, 0.15) is 28.6 Å². The summed E-state index contributed by atoms with van der Waals surface area (Å²) < 4.78 is 0. The second kappa shape index (κ2) is 3.65. The fourth-order valence-corrected chi connectivity index (χ4v) is 2.60. The van der Waals surface area contributed by atoms with Crippen molar-refractivity contribution >= 4 is 17.3 Å². The third kappa shape index (κ3) is 1.42. The molecule has 6 nitrogen and oxygen atoms in total. The highest BCUT2D eigenvalue weighted by molar-refractivity contribution is 6.32. The van der Waals surface area contributed by atoms with Gasteiger partial charge in [0.15, 0.2) is 5.15 Å². The highest BCUT2D eigenvalue weighted by Gasteiger charge is 2.33. The predicted molar refractivity (Wildman–Crippen MR) is 68.6 cm³/mol. The zero-order valence-electron chi connectivity index (χ0n) is 10.6. The molecule has 3 rings (SSSR count). The second-order valence-corrected chi connectivity index (χ2v) is 4.83. The summed E-state index contributed by atoms with van der Waals surface area (Å²) in [6.07, 6.45) is 0. The second-order valence-electron chi connectivity index (χ2n) is 4.47. The van der Waals surface area contributed by atoms with E-state index in [9.17, 15) is 0 Å². The molecule has 0 fully saturated rings. The molecule has 0 aliphatic carbocycles. The molecule has 0 aromatic carbocycles. The van der Waals surface area contributed by atoms with Crippen LogP contribution >= 0.6 is 11.6 Å². The molecule has 0 saturated carbocycles. The van der Waals surface area contributed by atoms with Gasteiger partial charge in [-0.2, -0.15) is 15.0 Å². The van der Waals surface area contributed by atoms with Gasteiger partial charge >= 0.3 is 0 Å². The van der Waals surface area contributed by atoms with Crippen LogP contribution in [-0.2, 0) is 7.05 Å². The lowest BCUT2D eigenvalue weighted by Crippen LogP contribution is -2.27. The fourth-order valence-electron chi connectivity index (χ4n) is 2.26. The van der Waals surface area contributed by atoms with Crippen molar-refractivity contribution < 1.29 is 0 Å². The maximum atomic E-state index is 6.23. The zero-order chi connectivity index (χ0) is 13.0. The average molecular weight is 265 g/mol. The minimum Gasteiger partial charge on any atom is -0.362 e. The molecule has 1 unspecified atom stereocenters. The topological polar surface area (TPSA) is 59.7 Å². The van der Waals surface area contributed by atoms with Crippen molar-refractivity contribution in [2.24, 2.45) is 7.05 Å². The van der Waals surface area contributed by atoms with E-state index in [4.69, 9.17) is 11.6 Å². The Labute approximate surface area is 110 Å². The van der Waals surface area contributed by atoms with E-state index in [2.05, 4.69) is 27.1 Å². The first-order chi connectivity index (χ1) is 8.49. The van der Waals surface area contributed by atoms with Crippen LogP contribution < -0.4 is 4.90 Å². The van der Waals surface area contributed by atoms with E-state index in [-0.39, 0.29) is 6.04 Å². The summed E-state index contributed by atoms with van der Waals surface area (Å²) in [4.78, 5) is 12.3. The van der Waals surface area contributed by atoms with Crippen LogP contribution in [0.25, 0.3) is 11.4 Å². The number of aryl methyl sites for hydroxylation is 2. The summed E-state index contributed by atoms with van der Waals surface area (Å²) in [6, 6.07) is 0.102. The lowest BCUT2D eigenvalue weighted by molar-refractivity contribution is 0.625. The molecule has 0 radical (unpaired) electrons. The number of anilines is 1. The lowest BCUT2D eigenvalue weighted by atomic mass is 10.0. The van der Waals surface area contributed by atoms with Crippen LogP contribution in [0.2, 0.25) is 5.15 Å². The monoisotopic (exact) mass is 264 g/mol. The van der Waals surface area contributed by atoms with Gasteiger partial charge in [-0.15, -0.1) is 0 Å². The molecule has 0 bridgehead atoms. The van der Waals surface area contributed by atoms with E-state index in [0.29, 0.717) is 11.0 Å². The van der Waals surface area contributed by atoms with E-state index in [0.717, 1.165) is 22.8 Å². The van der Waals surface area contributed by atoms with Gasteiger partial charge in [-0.05, 0) is 13.8 Å². The number of hydrogen-bond acceptors (Lipinski definition) is 5. The van der Waals surface area contributed by atoms with E-state index in [1.165, 1.54) is 0 Å². The molecule has 1 atom stereocenters. The van der Waals surface area contributed by atoms with Crippen molar-refractivity contribution in [2.75, 3.05) is 11.9 Å². The van der Waals surface area contributed by atoms with Gasteiger partial charge in [-0.3, -0.25) is 0 Å². The molecule has 7 heteroatoms.